The number of halogens is 2. The normalized spacial score (nSPS) is 17.9. The molecule has 1 amide bonds. The summed E-state index contributed by atoms with van der Waals surface area (Å²) in [6, 6.07) is 9.24. The van der Waals surface area contributed by atoms with Crippen LogP contribution in [0.5, 0.6) is 0 Å². The third-order valence-corrected chi connectivity index (χ3v) is 6.15. The molecular formula is C19H20F2N2O4S. The standard InChI is InChI=1S/C19H20F2N2O4S/c20-16-5-4-14(11-17(16)21)22-18(25)13-2-1-3-15(10-13)28(27)23-8-6-19(26,12-24)7-9-23/h1-5,10-11,24,26H,6-9,12H2,(H,22,25). The third kappa shape index (κ3) is 4.61. The Labute approximate surface area is 163 Å². The van der Waals surface area contributed by atoms with E-state index in [0.717, 1.165) is 12.1 Å². The molecule has 0 radical (unpaired) electrons. The third-order valence-electron chi connectivity index (χ3n) is 4.66. The quantitative estimate of drug-likeness (QED) is 0.704. The molecule has 0 aliphatic carbocycles. The van der Waals surface area contributed by atoms with Crippen molar-refractivity contribution in [2.45, 2.75) is 23.3 Å². The molecule has 1 unspecified atom stereocenters. The van der Waals surface area contributed by atoms with E-state index in [1.807, 2.05) is 0 Å². The predicted octanol–water partition coefficient (Wildman–Crippen LogP) is 2.06. The number of amides is 1. The number of carbonyl (C=O) groups excluding carboxylic acids is 1. The summed E-state index contributed by atoms with van der Waals surface area (Å²) in [4.78, 5) is 12.8. The van der Waals surface area contributed by atoms with Gasteiger partial charge in [0.25, 0.3) is 5.91 Å². The fourth-order valence-corrected chi connectivity index (χ4v) is 4.13. The van der Waals surface area contributed by atoms with Crippen LogP contribution >= 0.6 is 0 Å². The summed E-state index contributed by atoms with van der Waals surface area (Å²) in [6.45, 7) is 0.344. The van der Waals surface area contributed by atoms with Gasteiger partial charge in [0.1, 0.15) is 11.0 Å². The highest BCUT2D eigenvalue weighted by atomic mass is 32.2. The number of rotatable bonds is 5. The van der Waals surface area contributed by atoms with E-state index in [2.05, 4.69) is 5.32 Å². The molecule has 0 aromatic heterocycles. The van der Waals surface area contributed by atoms with Crippen LogP contribution in [-0.2, 0) is 11.0 Å². The lowest BCUT2D eigenvalue weighted by Crippen LogP contribution is -2.47. The zero-order valence-electron chi connectivity index (χ0n) is 14.9. The second-order valence-corrected chi connectivity index (χ2v) is 8.16. The zero-order valence-corrected chi connectivity index (χ0v) is 15.7. The molecule has 1 fully saturated rings. The van der Waals surface area contributed by atoms with Gasteiger partial charge in [0.05, 0.1) is 17.1 Å². The van der Waals surface area contributed by atoms with Crippen LogP contribution in [0, 0.1) is 11.6 Å². The number of piperidine rings is 1. The number of aliphatic hydroxyl groups excluding tert-OH is 1. The van der Waals surface area contributed by atoms with Gasteiger partial charge in [-0.05, 0) is 43.2 Å². The Bertz CT molecular complexity index is 901. The van der Waals surface area contributed by atoms with Crippen LogP contribution < -0.4 is 5.32 Å². The molecule has 1 heterocycles. The smallest absolute Gasteiger partial charge is 0.255 e. The van der Waals surface area contributed by atoms with Crippen molar-refractivity contribution in [3.8, 4) is 0 Å². The van der Waals surface area contributed by atoms with E-state index in [9.17, 15) is 28.0 Å². The monoisotopic (exact) mass is 410 g/mol. The molecule has 0 spiro atoms. The van der Waals surface area contributed by atoms with Crippen LogP contribution in [0.4, 0.5) is 14.5 Å². The lowest BCUT2D eigenvalue weighted by atomic mass is 9.94. The highest BCUT2D eigenvalue weighted by Crippen LogP contribution is 2.25. The number of anilines is 1. The molecule has 0 bridgehead atoms. The number of hydrogen-bond donors (Lipinski definition) is 3. The van der Waals surface area contributed by atoms with E-state index in [1.54, 1.807) is 16.4 Å². The molecule has 3 N–H and O–H groups in total. The second kappa shape index (κ2) is 8.44. The Hall–Kier alpha value is -2.20. The van der Waals surface area contributed by atoms with Gasteiger partial charge in [0, 0.05) is 30.4 Å². The van der Waals surface area contributed by atoms with Crippen molar-refractivity contribution < 1.29 is 28.0 Å². The van der Waals surface area contributed by atoms with Crippen LogP contribution in [0.15, 0.2) is 47.4 Å². The van der Waals surface area contributed by atoms with E-state index >= 15 is 0 Å². The van der Waals surface area contributed by atoms with Crippen molar-refractivity contribution in [2.24, 2.45) is 0 Å². The van der Waals surface area contributed by atoms with Crippen molar-refractivity contribution in [1.29, 1.82) is 0 Å². The first-order valence-corrected chi connectivity index (χ1v) is 9.78. The molecule has 1 aliphatic rings. The van der Waals surface area contributed by atoms with Gasteiger partial charge in [-0.25, -0.2) is 17.3 Å². The van der Waals surface area contributed by atoms with Crippen LogP contribution in [0.25, 0.3) is 0 Å². The van der Waals surface area contributed by atoms with Crippen molar-refractivity contribution in [3.63, 3.8) is 0 Å². The first-order chi connectivity index (χ1) is 13.3. The number of aliphatic hydroxyl groups is 2. The van der Waals surface area contributed by atoms with Gasteiger partial charge in [-0.1, -0.05) is 6.07 Å². The summed E-state index contributed by atoms with van der Waals surface area (Å²) >= 11 is 0. The fraction of sp³-hybridized carbons (Fsp3) is 0.316. The molecule has 1 saturated heterocycles. The Balaban J connectivity index is 1.70. The van der Waals surface area contributed by atoms with Crippen molar-refractivity contribution >= 4 is 22.6 Å². The summed E-state index contributed by atoms with van der Waals surface area (Å²) in [5, 5.41) is 21.7. The summed E-state index contributed by atoms with van der Waals surface area (Å²) < 4.78 is 40.7. The maximum Gasteiger partial charge on any atom is 0.255 e. The van der Waals surface area contributed by atoms with Gasteiger partial charge < -0.3 is 15.5 Å². The van der Waals surface area contributed by atoms with E-state index < -0.39 is 34.1 Å². The fourth-order valence-electron chi connectivity index (χ4n) is 2.90. The highest BCUT2D eigenvalue weighted by molar-refractivity contribution is 7.82. The van der Waals surface area contributed by atoms with Gasteiger partial charge in [0.2, 0.25) is 0 Å². The van der Waals surface area contributed by atoms with E-state index in [0.29, 0.717) is 30.8 Å². The summed E-state index contributed by atoms with van der Waals surface area (Å²) in [6.07, 6.45) is 0.594. The van der Waals surface area contributed by atoms with Gasteiger partial charge in [-0.2, -0.15) is 0 Å². The van der Waals surface area contributed by atoms with Gasteiger partial charge >= 0.3 is 0 Å². The maximum absolute atomic E-state index is 13.3. The molecule has 1 aliphatic heterocycles. The van der Waals surface area contributed by atoms with Crippen LogP contribution in [0.2, 0.25) is 0 Å². The minimum absolute atomic E-state index is 0.106. The average molecular weight is 410 g/mol. The first kappa shape index (κ1) is 20.5. The van der Waals surface area contributed by atoms with Gasteiger partial charge in [0.15, 0.2) is 11.6 Å². The second-order valence-electron chi connectivity index (χ2n) is 6.67. The molecule has 6 nitrogen and oxygen atoms in total. The van der Waals surface area contributed by atoms with Crippen molar-refractivity contribution in [1.82, 2.24) is 4.31 Å². The Morgan fingerprint density at radius 2 is 1.86 bits per heavy atom. The molecule has 2 aromatic rings. The van der Waals surface area contributed by atoms with Crippen LogP contribution in [0.3, 0.4) is 0 Å². The number of nitrogens with zero attached hydrogens (tertiary/aromatic N) is 1. The van der Waals surface area contributed by atoms with Crippen molar-refractivity contribution in [2.75, 3.05) is 25.0 Å². The van der Waals surface area contributed by atoms with E-state index in [4.69, 9.17) is 0 Å². The lowest BCUT2D eigenvalue weighted by molar-refractivity contribution is -0.0474. The van der Waals surface area contributed by atoms with Gasteiger partial charge in [-0.3, -0.25) is 4.79 Å². The number of hydrogen-bond acceptors (Lipinski definition) is 4. The Kier molecular flexibility index (Phi) is 6.19. The topological polar surface area (TPSA) is 89.9 Å². The van der Waals surface area contributed by atoms with Crippen LogP contribution in [-0.4, -0.2) is 49.9 Å². The molecule has 150 valence electrons. The van der Waals surface area contributed by atoms with E-state index in [1.165, 1.54) is 18.2 Å². The summed E-state index contributed by atoms with van der Waals surface area (Å²) in [5.74, 6) is -2.62. The minimum Gasteiger partial charge on any atom is -0.393 e. The first-order valence-electron chi connectivity index (χ1n) is 8.68. The molecular weight excluding hydrogens is 390 g/mol. The zero-order chi connectivity index (χ0) is 20.3. The molecule has 28 heavy (non-hydrogen) atoms. The Morgan fingerprint density at radius 1 is 1.14 bits per heavy atom. The Morgan fingerprint density at radius 3 is 2.50 bits per heavy atom. The molecule has 0 saturated carbocycles. The summed E-state index contributed by atoms with van der Waals surface area (Å²) in [7, 11) is -1.53. The number of benzene rings is 2. The highest BCUT2D eigenvalue weighted by Gasteiger charge is 2.33. The number of nitrogens with one attached hydrogen (secondary N) is 1. The molecule has 3 rings (SSSR count). The molecule has 1 atom stereocenters. The lowest BCUT2D eigenvalue weighted by Gasteiger charge is -2.36. The van der Waals surface area contributed by atoms with E-state index in [-0.39, 0.29) is 17.9 Å². The predicted molar refractivity (Wildman–Crippen MR) is 100 cm³/mol. The number of carbonyl (C=O) groups is 1. The van der Waals surface area contributed by atoms with Gasteiger partial charge in [-0.15, -0.1) is 0 Å². The SMILES string of the molecule is O=C(Nc1ccc(F)c(F)c1)c1cccc(S(=O)N2CCC(O)(CO)CC2)c1. The average Bonchev–Trinajstić information content (AvgIpc) is 2.71. The minimum atomic E-state index is -1.53. The largest absolute Gasteiger partial charge is 0.393 e. The van der Waals surface area contributed by atoms with Crippen molar-refractivity contribution in [3.05, 3.63) is 59.7 Å². The maximum atomic E-state index is 13.3. The summed E-state index contributed by atoms with van der Waals surface area (Å²) in [5.41, 5.74) is -0.818. The van der Waals surface area contributed by atoms with Crippen LogP contribution in [0.1, 0.15) is 23.2 Å². The molecule has 2 aromatic carbocycles. The molecule has 9 heteroatoms.